The number of hydrazine groups is 1. The molecule has 1 aromatic rings. The van der Waals surface area contributed by atoms with E-state index in [9.17, 15) is 13.2 Å². The molecule has 4 bridgehead atoms. The smallest absolute Gasteiger partial charge is 0.257 e. The van der Waals surface area contributed by atoms with Crippen molar-refractivity contribution in [3.8, 4) is 6.07 Å². The van der Waals surface area contributed by atoms with Crippen LogP contribution in [0.1, 0.15) is 44.1 Å². The fraction of sp³-hybridized carbons (Fsp3) is 0.556. The molecule has 5 rings (SSSR count). The first-order chi connectivity index (χ1) is 11.9. The van der Waals surface area contributed by atoms with Gasteiger partial charge in [0.25, 0.3) is 10.0 Å². The molecule has 0 atom stereocenters. The lowest BCUT2D eigenvalue weighted by Gasteiger charge is -2.55. The predicted octanol–water partition coefficient (Wildman–Crippen LogP) is 2.08. The van der Waals surface area contributed by atoms with E-state index >= 15 is 0 Å². The Bertz CT molecular complexity index is 804. The van der Waals surface area contributed by atoms with Crippen molar-refractivity contribution in [1.82, 2.24) is 10.3 Å². The molecule has 0 heterocycles. The molecule has 1 aromatic carbocycles. The Labute approximate surface area is 147 Å². The lowest BCUT2D eigenvalue weighted by molar-refractivity contribution is -0.146. The topological polar surface area (TPSA) is 99.1 Å². The van der Waals surface area contributed by atoms with Crippen molar-refractivity contribution in [2.45, 2.75) is 43.4 Å². The second kappa shape index (κ2) is 5.82. The van der Waals surface area contributed by atoms with Crippen LogP contribution in [0.25, 0.3) is 0 Å². The van der Waals surface area contributed by atoms with Gasteiger partial charge >= 0.3 is 0 Å². The summed E-state index contributed by atoms with van der Waals surface area (Å²) in [6, 6.07) is 7.54. The number of hydrogen-bond donors (Lipinski definition) is 2. The Balaban J connectivity index is 1.45. The van der Waals surface area contributed by atoms with Crippen molar-refractivity contribution in [1.29, 1.82) is 5.26 Å². The number of benzene rings is 1. The second-order valence-electron chi connectivity index (χ2n) is 7.89. The normalized spacial score (nSPS) is 33.0. The second-order valence-corrected chi connectivity index (χ2v) is 9.58. The number of rotatable bonds is 4. The Hall–Kier alpha value is -1.91. The van der Waals surface area contributed by atoms with Gasteiger partial charge in [-0.15, -0.1) is 4.83 Å². The molecule has 6 nitrogen and oxygen atoms in total. The molecule has 4 aliphatic carbocycles. The molecular weight excluding hydrogens is 338 g/mol. The van der Waals surface area contributed by atoms with Crippen molar-refractivity contribution in [2.24, 2.45) is 23.2 Å². The van der Waals surface area contributed by atoms with Crippen LogP contribution in [-0.2, 0) is 14.8 Å². The molecule has 4 fully saturated rings. The minimum absolute atomic E-state index is 0.0253. The van der Waals surface area contributed by atoms with E-state index in [-0.39, 0.29) is 10.8 Å². The number of carbonyl (C=O) groups is 1. The van der Waals surface area contributed by atoms with Crippen LogP contribution in [0.4, 0.5) is 0 Å². The van der Waals surface area contributed by atoms with Crippen molar-refractivity contribution >= 4 is 15.9 Å². The number of amides is 1. The highest BCUT2D eigenvalue weighted by Crippen LogP contribution is 2.60. The summed E-state index contributed by atoms with van der Waals surface area (Å²) in [7, 11) is -3.84. The van der Waals surface area contributed by atoms with Crippen LogP contribution in [-0.4, -0.2) is 14.3 Å². The zero-order valence-electron chi connectivity index (χ0n) is 13.9. The van der Waals surface area contributed by atoms with Crippen LogP contribution in [0.15, 0.2) is 29.2 Å². The fourth-order valence-corrected chi connectivity index (χ4v) is 6.24. The van der Waals surface area contributed by atoms with Crippen molar-refractivity contribution in [3.63, 3.8) is 0 Å². The van der Waals surface area contributed by atoms with Crippen LogP contribution in [0.2, 0.25) is 0 Å². The lowest BCUT2D eigenvalue weighted by atomic mass is 9.49. The molecule has 0 unspecified atom stereocenters. The van der Waals surface area contributed by atoms with E-state index in [4.69, 9.17) is 5.26 Å². The summed E-state index contributed by atoms with van der Waals surface area (Å²) in [6.07, 6.45) is 6.31. The first kappa shape index (κ1) is 16.6. The monoisotopic (exact) mass is 359 g/mol. The third-order valence-electron chi connectivity index (χ3n) is 6.11. The van der Waals surface area contributed by atoms with E-state index in [0.717, 1.165) is 19.3 Å². The summed E-state index contributed by atoms with van der Waals surface area (Å²) in [5.41, 5.74) is 2.45. The Morgan fingerprint density at radius 1 is 1.04 bits per heavy atom. The molecule has 4 aliphatic rings. The van der Waals surface area contributed by atoms with Gasteiger partial charge in [0, 0.05) is 0 Å². The Morgan fingerprint density at radius 3 is 2.04 bits per heavy atom. The molecule has 2 N–H and O–H groups in total. The molecule has 1 amide bonds. The van der Waals surface area contributed by atoms with Gasteiger partial charge < -0.3 is 0 Å². The van der Waals surface area contributed by atoms with Crippen LogP contribution in [0.3, 0.4) is 0 Å². The number of nitrogens with zero attached hydrogens (tertiary/aromatic N) is 1. The standard InChI is InChI=1S/C18H21N3O3S/c19-11-12-1-3-16(4-2-12)25(23,24)21-20-17(22)18-8-13-5-14(9-18)7-15(6-13)10-18/h1-4,13-15,21H,5-10H2,(H,20,22). The van der Waals surface area contributed by atoms with E-state index in [0.29, 0.717) is 23.3 Å². The zero-order chi connectivity index (χ0) is 17.7. The molecule has 132 valence electrons. The van der Waals surface area contributed by atoms with Gasteiger partial charge in [0.15, 0.2) is 0 Å². The number of carbonyl (C=O) groups excluding carboxylic acids is 1. The highest BCUT2D eigenvalue weighted by Gasteiger charge is 2.54. The van der Waals surface area contributed by atoms with E-state index in [1.807, 2.05) is 6.07 Å². The summed E-state index contributed by atoms with van der Waals surface area (Å²) in [5, 5.41) is 8.79. The van der Waals surface area contributed by atoms with Crippen molar-refractivity contribution in [2.75, 3.05) is 0 Å². The van der Waals surface area contributed by atoms with Crippen molar-refractivity contribution < 1.29 is 13.2 Å². The SMILES string of the molecule is N#Cc1ccc(S(=O)(=O)NNC(=O)C23CC4CC(CC(C4)C2)C3)cc1. The zero-order valence-corrected chi connectivity index (χ0v) is 14.7. The summed E-state index contributed by atoms with van der Waals surface area (Å²) in [6.45, 7) is 0. The average Bonchev–Trinajstić information content (AvgIpc) is 2.58. The van der Waals surface area contributed by atoms with Gasteiger partial charge in [-0.2, -0.15) is 5.26 Å². The summed E-state index contributed by atoms with van der Waals surface area (Å²) in [4.78, 5) is 15.0. The highest BCUT2D eigenvalue weighted by molar-refractivity contribution is 7.89. The third kappa shape index (κ3) is 2.94. The van der Waals surface area contributed by atoms with Crippen LogP contribution < -0.4 is 10.3 Å². The molecule has 0 saturated heterocycles. The van der Waals surface area contributed by atoms with E-state index in [1.54, 1.807) is 0 Å². The molecule has 0 spiro atoms. The fourth-order valence-electron chi connectivity index (χ4n) is 5.40. The molecular formula is C18H21N3O3S. The van der Waals surface area contributed by atoms with E-state index < -0.39 is 15.4 Å². The summed E-state index contributed by atoms with van der Waals surface area (Å²) < 4.78 is 24.7. The first-order valence-corrected chi connectivity index (χ1v) is 10.2. The number of nitriles is 1. The maximum atomic E-state index is 12.8. The predicted molar refractivity (Wildman–Crippen MR) is 90.2 cm³/mol. The molecule has 25 heavy (non-hydrogen) atoms. The van der Waals surface area contributed by atoms with Crippen LogP contribution in [0.5, 0.6) is 0 Å². The van der Waals surface area contributed by atoms with Crippen LogP contribution >= 0.6 is 0 Å². The quantitative estimate of drug-likeness (QED) is 0.804. The van der Waals surface area contributed by atoms with E-state index in [1.165, 1.54) is 43.5 Å². The molecule has 7 heteroatoms. The van der Waals surface area contributed by atoms with Gasteiger partial charge in [0.2, 0.25) is 5.91 Å². The molecule has 4 saturated carbocycles. The van der Waals surface area contributed by atoms with Gasteiger partial charge in [0.05, 0.1) is 21.9 Å². The molecule has 0 aliphatic heterocycles. The number of hydrogen-bond acceptors (Lipinski definition) is 4. The largest absolute Gasteiger partial charge is 0.277 e. The van der Waals surface area contributed by atoms with E-state index in [2.05, 4.69) is 10.3 Å². The minimum Gasteiger partial charge on any atom is -0.277 e. The maximum absolute atomic E-state index is 12.8. The summed E-state index contributed by atoms with van der Waals surface area (Å²) >= 11 is 0. The minimum atomic E-state index is -3.84. The Kier molecular flexibility index (Phi) is 3.85. The lowest BCUT2D eigenvalue weighted by Crippen LogP contribution is -2.56. The highest BCUT2D eigenvalue weighted by atomic mass is 32.2. The van der Waals surface area contributed by atoms with Gasteiger partial charge in [-0.3, -0.25) is 10.2 Å². The Morgan fingerprint density at radius 2 is 1.56 bits per heavy atom. The maximum Gasteiger partial charge on any atom is 0.257 e. The van der Waals surface area contributed by atoms with Crippen molar-refractivity contribution in [3.05, 3.63) is 29.8 Å². The molecule has 0 aromatic heterocycles. The average molecular weight is 359 g/mol. The van der Waals surface area contributed by atoms with Gasteiger partial charge in [0.1, 0.15) is 0 Å². The summed E-state index contributed by atoms with van der Waals surface area (Å²) in [5.74, 6) is 1.66. The first-order valence-electron chi connectivity index (χ1n) is 8.73. The number of sulfonamides is 1. The molecule has 0 radical (unpaired) electrons. The number of nitrogens with one attached hydrogen (secondary N) is 2. The van der Waals surface area contributed by atoms with Crippen LogP contribution in [0, 0.1) is 34.5 Å². The van der Waals surface area contributed by atoms with Gasteiger partial charge in [-0.1, -0.05) is 0 Å². The van der Waals surface area contributed by atoms with Gasteiger partial charge in [-0.25, -0.2) is 8.42 Å². The third-order valence-corrected chi connectivity index (χ3v) is 7.38. The van der Waals surface area contributed by atoms with Gasteiger partial charge in [-0.05, 0) is 80.5 Å².